The Bertz CT molecular complexity index is 466. The van der Waals surface area contributed by atoms with Gasteiger partial charge in [0.2, 0.25) is 5.95 Å². The topological polar surface area (TPSA) is 130 Å². The largest absolute Gasteiger partial charge is 0.382 e. The van der Waals surface area contributed by atoms with E-state index in [2.05, 4.69) is 19.9 Å². The van der Waals surface area contributed by atoms with Gasteiger partial charge < -0.3 is 17.2 Å². The van der Waals surface area contributed by atoms with Crippen LogP contribution < -0.4 is 17.2 Å². The van der Waals surface area contributed by atoms with Crippen LogP contribution in [-0.2, 0) is 0 Å². The normalized spacial score (nSPS) is 10.5. The van der Waals surface area contributed by atoms with Gasteiger partial charge in [-0.05, 0) is 0 Å². The second kappa shape index (κ2) is 2.41. The molecule has 2 aromatic rings. The summed E-state index contributed by atoms with van der Waals surface area (Å²) < 4.78 is 0. The number of hydrogen-bond donors (Lipinski definition) is 3. The predicted octanol–water partition coefficient (Wildman–Crippen LogP) is -0.834. The van der Waals surface area contributed by atoms with E-state index in [9.17, 15) is 0 Å². The first-order valence-corrected chi connectivity index (χ1v) is 3.47. The second-order valence-electron chi connectivity index (χ2n) is 2.42. The molecule has 0 aliphatic heterocycles. The van der Waals surface area contributed by atoms with Gasteiger partial charge in [0.25, 0.3) is 0 Å². The zero-order valence-electron chi connectivity index (χ0n) is 6.60. The van der Waals surface area contributed by atoms with E-state index in [-0.39, 0.29) is 17.6 Å². The number of aromatic nitrogens is 4. The summed E-state index contributed by atoms with van der Waals surface area (Å²) in [4.78, 5) is 15.3. The molecule has 0 atom stereocenters. The van der Waals surface area contributed by atoms with E-state index in [1.54, 1.807) is 0 Å². The Morgan fingerprint density at radius 3 is 2.38 bits per heavy atom. The number of anilines is 3. The molecule has 0 spiro atoms. The molecular formula is C6H7N7. The Balaban J connectivity index is 2.94. The summed E-state index contributed by atoms with van der Waals surface area (Å²) in [6, 6.07) is 0. The van der Waals surface area contributed by atoms with Crippen LogP contribution in [0.15, 0.2) is 6.33 Å². The van der Waals surface area contributed by atoms with Crippen molar-refractivity contribution in [3.63, 3.8) is 0 Å². The van der Waals surface area contributed by atoms with Gasteiger partial charge in [-0.25, -0.2) is 15.0 Å². The summed E-state index contributed by atoms with van der Waals surface area (Å²) in [6.45, 7) is 0. The van der Waals surface area contributed by atoms with Crippen molar-refractivity contribution in [1.29, 1.82) is 0 Å². The quantitative estimate of drug-likeness (QED) is 0.478. The fourth-order valence-corrected chi connectivity index (χ4v) is 1.01. The van der Waals surface area contributed by atoms with Crippen LogP contribution >= 0.6 is 0 Å². The van der Waals surface area contributed by atoms with Crippen molar-refractivity contribution in [3.8, 4) is 0 Å². The van der Waals surface area contributed by atoms with Crippen LogP contribution in [0, 0.1) is 0 Å². The summed E-state index contributed by atoms with van der Waals surface area (Å²) >= 11 is 0. The highest BCUT2D eigenvalue weighted by atomic mass is 15.1. The van der Waals surface area contributed by atoms with Crippen molar-refractivity contribution < 1.29 is 0 Å². The third-order valence-electron chi connectivity index (χ3n) is 1.55. The lowest BCUT2D eigenvalue weighted by Gasteiger charge is -2.01. The highest BCUT2D eigenvalue weighted by Crippen LogP contribution is 2.18. The third-order valence-corrected chi connectivity index (χ3v) is 1.55. The molecule has 0 fully saturated rings. The molecule has 0 aromatic carbocycles. The van der Waals surface area contributed by atoms with E-state index < -0.39 is 0 Å². The Hall–Kier alpha value is -2.18. The van der Waals surface area contributed by atoms with Crippen LogP contribution in [0.4, 0.5) is 17.6 Å². The van der Waals surface area contributed by atoms with Crippen molar-refractivity contribution in [2.45, 2.75) is 0 Å². The van der Waals surface area contributed by atoms with E-state index in [1.165, 1.54) is 6.33 Å². The summed E-state index contributed by atoms with van der Waals surface area (Å²) in [7, 11) is 0. The van der Waals surface area contributed by atoms with Crippen LogP contribution in [0.3, 0.4) is 0 Å². The first-order chi connectivity index (χ1) is 6.18. The van der Waals surface area contributed by atoms with E-state index >= 15 is 0 Å². The molecule has 0 aliphatic rings. The maximum atomic E-state index is 5.55. The fourth-order valence-electron chi connectivity index (χ4n) is 1.01. The van der Waals surface area contributed by atoms with E-state index in [4.69, 9.17) is 17.2 Å². The second-order valence-corrected chi connectivity index (χ2v) is 2.42. The molecule has 0 unspecified atom stereocenters. The molecule has 0 amide bonds. The lowest BCUT2D eigenvalue weighted by atomic mass is 10.4. The van der Waals surface area contributed by atoms with Crippen molar-refractivity contribution in [2.75, 3.05) is 17.2 Å². The molecule has 0 aliphatic carbocycles. The van der Waals surface area contributed by atoms with Crippen molar-refractivity contribution in [2.24, 2.45) is 0 Å². The SMILES string of the molecule is Nc1nc(N)c2ncnc(N)c2n1. The molecule has 0 bridgehead atoms. The zero-order valence-corrected chi connectivity index (χ0v) is 6.60. The van der Waals surface area contributed by atoms with Crippen LogP contribution in [0.2, 0.25) is 0 Å². The minimum Gasteiger partial charge on any atom is -0.382 e. The fraction of sp³-hybridized carbons (Fsp3) is 0. The number of nitrogen functional groups attached to an aromatic ring is 3. The number of nitrogens with zero attached hydrogens (tertiary/aromatic N) is 4. The maximum Gasteiger partial charge on any atom is 0.222 e. The number of nitrogens with two attached hydrogens (primary N) is 3. The highest BCUT2D eigenvalue weighted by molar-refractivity contribution is 5.91. The number of fused-ring (bicyclic) bond motifs is 1. The molecule has 6 N–H and O–H groups in total. The lowest BCUT2D eigenvalue weighted by molar-refractivity contribution is 1.17. The summed E-state index contributed by atoms with van der Waals surface area (Å²) in [5, 5.41) is 0. The molecule has 2 rings (SSSR count). The van der Waals surface area contributed by atoms with E-state index in [1.807, 2.05) is 0 Å². The first kappa shape index (κ1) is 7.47. The summed E-state index contributed by atoms with van der Waals surface area (Å²) in [5.74, 6) is 0.508. The van der Waals surface area contributed by atoms with E-state index in [0.717, 1.165) is 0 Å². The lowest BCUT2D eigenvalue weighted by Crippen LogP contribution is -2.04. The summed E-state index contributed by atoms with van der Waals surface area (Å²) in [6.07, 6.45) is 1.30. The van der Waals surface area contributed by atoms with Gasteiger partial charge in [0.05, 0.1) is 0 Å². The molecule has 13 heavy (non-hydrogen) atoms. The van der Waals surface area contributed by atoms with Gasteiger partial charge in [0, 0.05) is 0 Å². The first-order valence-electron chi connectivity index (χ1n) is 3.47. The zero-order chi connectivity index (χ0) is 9.42. The molecule has 66 valence electrons. The highest BCUT2D eigenvalue weighted by Gasteiger charge is 2.07. The smallest absolute Gasteiger partial charge is 0.222 e. The Morgan fingerprint density at radius 2 is 1.62 bits per heavy atom. The Kier molecular flexibility index (Phi) is 1.38. The van der Waals surface area contributed by atoms with E-state index in [0.29, 0.717) is 11.0 Å². The van der Waals surface area contributed by atoms with Crippen LogP contribution in [0.1, 0.15) is 0 Å². The predicted molar refractivity (Wildman–Crippen MR) is 48.4 cm³/mol. The van der Waals surface area contributed by atoms with Gasteiger partial charge in [-0.15, -0.1) is 0 Å². The molecule has 0 saturated heterocycles. The van der Waals surface area contributed by atoms with Crippen molar-refractivity contribution in [3.05, 3.63) is 6.33 Å². The van der Waals surface area contributed by atoms with Crippen LogP contribution in [-0.4, -0.2) is 19.9 Å². The monoisotopic (exact) mass is 177 g/mol. The van der Waals surface area contributed by atoms with Gasteiger partial charge in [-0.2, -0.15) is 4.98 Å². The minimum atomic E-state index is 0.0616. The van der Waals surface area contributed by atoms with Crippen molar-refractivity contribution >= 4 is 28.6 Å². The molecule has 7 heteroatoms. The Morgan fingerprint density at radius 1 is 0.846 bits per heavy atom. The molecule has 0 saturated carbocycles. The average Bonchev–Trinajstić information content (AvgIpc) is 2.07. The Labute approximate surface area is 73.0 Å². The molecule has 0 radical (unpaired) electrons. The van der Waals surface area contributed by atoms with Crippen molar-refractivity contribution in [1.82, 2.24) is 19.9 Å². The van der Waals surface area contributed by atoms with Gasteiger partial charge in [0.15, 0.2) is 11.6 Å². The molecule has 7 nitrogen and oxygen atoms in total. The third kappa shape index (κ3) is 1.06. The maximum absolute atomic E-state index is 5.55. The minimum absolute atomic E-state index is 0.0616. The van der Waals surface area contributed by atoms with Gasteiger partial charge in [0.1, 0.15) is 17.4 Å². The van der Waals surface area contributed by atoms with Gasteiger partial charge in [-0.1, -0.05) is 0 Å². The van der Waals surface area contributed by atoms with Gasteiger partial charge in [-0.3, -0.25) is 0 Å². The molecular weight excluding hydrogens is 170 g/mol. The molecule has 2 heterocycles. The van der Waals surface area contributed by atoms with Crippen LogP contribution in [0.25, 0.3) is 11.0 Å². The summed E-state index contributed by atoms with van der Waals surface area (Å²) in [5.41, 5.74) is 17.3. The standard InChI is InChI=1S/C6H7N7/c7-4-3-2(10-1-11-4)5(8)13-6(9)12-3/h1H,(H2,7,10,11)(H4,8,9,12,13). The molecule has 2 aromatic heterocycles. The average molecular weight is 177 g/mol. The number of rotatable bonds is 0. The van der Waals surface area contributed by atoms with Crippen LogP contribution in [0.5, 0.6) is 0 Å². The van der Waals surface area contributed by atoms with Gasteiger partial charge >= 0.3 is 0 Å². The number of hydrogen-bond acceptors (Lipinski definition) is 7.